The van der Waals surface area contributed by atoms with Gasteiger partial charge in [0.1, 0.15) is 0 Å². The summed E-state index contributed by atoms with van der Waals surface area (Å²) >= 11 is 0. The van der Waals surface area contributed by atoms with E-state index in [0.29, 0.717) is 0 Å². The van der Waals surface area contributed by atoms with E-state index >= 15 is 0 Å². The highest BCUT2D eigenvalue weighted by molar-refractivity contribution is 5.78. The molecule has 1 rings (SSSR count). The average molecular weight is 133 g/mol. The molecule has 0 spiro atoms. The molecular weight excluding hydrogens is 120 g/mol. The van der Waals surface area contributed by atoms with Gasteiger partial charge in [0.15, 0.2) is 0 Å². The van der Waals surface area contributed by atoms with Crippen LogP contribution in [0.2, 0.25) is 0 Å². The van der Waals surface area contributed by atoms with E-state index in [4.69, 9.17) is 9.22 Å². The second kappa shape index (κ2) is 1.70. The number of carboxylic acids is 1. The molecule has 2 unspecified atom stereocenters. The van der Waals surface area contributed by atoms with Crippen LogP contribution in [0.1, 0.15) is 17.5 Å². The first-order valence-corrected chi connectivity index (χ1v) is 2.67. The van der Waals surface area contributed by atoms with Crippen molar-refractivity contribution in [1.29, 1.82) is 0 Å². The largest absolute Gasteiger partial charge is 0.481 e. The Bertz CT molecular complexity index is 213. The van der Waals surface area contributed by atoms with Crippen molar-refractivity contribution in [2.24, 2.45) is 5.41 Å². The SMILES string of the molecule is [2H]C([2H])([2H])OC1CC1(C)C(=O)O. The molecule has 0 heterocycles. The Morgan fingerprint density at radius 1 is 2.11 bits per heavy atom. The molecule has 0 radical (unpaired) electrons. The first-order chi connectivity index (χ1) is 5.26. The van der Waals surface area contributed by atoms with Gasteiger partial charge in [0.05, 0.1) is 15.6 Å². The van der Waals surface area contributed by atoms with E-state index in [1.807, 2.05) is 0 Å². The van der Waals surface area contributed by atoms with Gasteiger partial charge in [0, 0.05) is 7.04 Å². The molecule has 0 amide bonds. The number of rotatable bonds is 2. The van der Waals surface area contributed by atoms with Crippen LogP contribution in [0.3, 0.4) is 0 Å². The number of carbonyl (C=O) groups is 1. The lowest BCUT2D eigenvalue weighted by Crippen LogP contribution is -2.15. The first-order valence-electron chi connectivity index (χ1n) is 4.17. The summed E-state index contributed by atoms with van der Waals surface area (Å²) in [5.41, 5.74) is -0.992. The van der Waals surface area contributed by atoms with E-state index in [0.717, 1.165) is 0 Å². The third-order valence-electron chi connectivity index (χ3n) is 1.79. The molecule has 9 heavy (non-hydrogen) atoms. The van der Waals surface area contributed by atoms with E-state index in [1.54, 1.807) is 0 Å². The average Bonchev–Trinajstić information content (AvgIpc) is 2.38. The maximum atomic E-state index is 10.5. The molecule has 1 fully saturated rings. The zero-order valence-corrected chi connectivity index (χ0v) is 5.05. The Hall–Kier alpha value is -0.570. The lowest BCUT2D eigenvalue weighted by atomic mass is 10.1. The van der Waals surface area contributed by atoms with Crippen LogP contribution >= 0.6 is 0 Å². The fourth-order valence-electron chi connectivity index (χ4n) is 0.723. The summed E-state index contributed by atoms with van der Waals surface area (Å²) in [6.45, 7) is 1.48. The van der Waals surface area contributed by atoms with E-state index in [2.05, 4.69) is 4.74 Å². The highest BCUT2D eigenvalue weighted by Gasteiger charge is 2.57. The molecule has 3 heteroatoms. The molecule has 0 aromatic heterocycles. The number of ether oxygens (including phenoxy) is 1. The van der Waals surface area contributed by atoms with Gasteiger partial charge in [-0.2, -0.15) is 0 Å². The molecule has 52 valence electrons. The van der Waals surface area contributed by atoms with Gasteiger partial charge in [-0.3, -0.25) is 4.79 Å². The summed E-state index contributed by atoms with van der Waals surface area (Å²) in [5, 5.41) is 8.62. The Kier molecular flexibility index (Phi) is 0.674. The van der Waals surface area contributed by atoms with Crippen LogP contribution in [-0.2, 0) is 9.53 Å². The van der Waals surface area contributed by atoms with Crippen LogP contribution in [0.4, 0.5) is 0 Å². The summed E-state index contributed by atoms with van der Waals surface area (Å²) in [5.74, 6) is -1.00. The highest BCUT2D eigenvalue weighted by atomic mass is 16.5. The van der Waals surface area contributed by atoms with Crippen LogP contribution in [0.15, 0.2) is 0 Å². The number of hydrogen-bond acceptors (Lipinski definition) is 2. The molecule has 0 aromatic rings. The standard InChI is InChI=1S/C6H10O3/c1-6(5(7)8)3-4(6)9-2/h4H,3H2,1-2H3,(H,7,8)/i2D3. The zero-order valence-electron chi connectivity index (χ0n) is 8.05. The molecule has 1 saturated carbocycles. The van der Waals surface area contributed by atoms with Crippen molar-refractivity contribution in [2.45, 2.75) is 19.4 Å². The van der Waals surface area contributed by atoms with E-state index in [1.165, 1.54) is 6.92 Å². The molecule has 1 aliphatic carbocycles. The van der Waals surface area contributed by atoms with Crippen LogP contribution in [0, 0.1) is 5.41 Å². The Labute approximate surface area is 57.8 Å². The van der Waals surface area contributed by atoms with Gasteiger partial charge in [0.2, 0.25) is 0 Å². The van der Waals surface area contributed by atoms with Crippen LogP contribution in [0.5, 0.6) is 0 Å². The lowest BCUT2D eigenvalue weighted by molar-refractivity contribution is -0.144. The summed E-state index contributed by atoms with van der Waals surface area (Å²) in [4.78, 5) is 10.5. The smallest absolute Gasteiger partial charge is 0.312 e. The van der Waals surface area contributed by atoms with Gasteiger partial charge in [-0.1, -0.05) is 0 Å². The molecule has 3 nitrogen and oxygen atoms in total. The molecule has 1 aliphatic rings. The van der Waals surface area contributed by atoms with Crippen molar-refractivity contribution < 1.29 is 18.8 Å². The normalized spacial score (nSPS) is 46.8. The topological polar surface area (TPSA) is 46.5 Å². The van der Waals surface area contributed by atoms with Crippen LogP contribution in [0.25, 0.3) is 0 Å². The number of carboxylic acid groups (broad SMARTS) is 1. The van der Waals surface area contributed by atoms with Gasteiger partial charge in [-0.15, -0.1) is 0 Å². The third kappa shape index (κ3) is 0.812. The van der Waals surface area contributed by atoms with Gasteiger partial charge in [0.25, 0.3) is 0 Å². The monoisotopic (exact) mass is 133 g/mol. The van der Waals surface area contributed by atoms with E-state index < -0.39 is 24.5 Å². The molecule has 2 atom stereocenters. The summed E-state index contributed by atoms with van der Waals surface area (Å²) in [7, 11) is -2.49. The maximum absolute atomic E-state index is 10.5. The van der Waals surface area contributed by atoms with Crippen molar-refractivity contribution in [3.05, 3.63) is 0 Å². The molecule has 0 bridgehead atoms. The molecule has 1 N–H and O–H groups in total. The number of aliphatic carboxylic acids is 1. The van der Waals surface area contributed by atoms with Gasteiger partial charge in [-0.25, -0.2) is 0 Å². The molecular formula is C6H10O3. The fourth-order valence-corrected chi connectivity index (χ4v) is 0.723. The van der Waals surface area contributed by atoms with E-state index in [-0.39, 0.29) is 6.42 Å². The predicted molar refractivity (Wildman–Crippen MR) is 31.2 cm³/mol. The maximum Gasteiger partial charge on any atom is 0.312 e. The zero-order chi connectivity index (χ0) is 9.57. The van der Waals surface area contributed by atoms with Crippen molar-refractivity contribution in [3.8, 4) is 0 Å². The van der Waals surface area contributed by atoms with Crippen molar-refractivity contribution in [1.82, 2.24) is 0 Å². The Morgan fingerprint density at radius 2 is 2.78 bits per heavy atom. The van der Waals surface area contributed by atoms with Crippen LogP contribution in [-0.4, -0.2) is 24.2 Å². The Morgan fingerprint density at radius 3 is 3.11 bits per heavy atom. The van der Waals surface area contributed by atoms with Crippen LogP contribution < -0.4 is 0 Å². The van der Waals surface area contributed by atoms with E-state index in [9.17, 15) is 4.79 Å². The summed E-state index contributed by atoms with van der Waals surface area (Å²) in [6.07, 6.45) is -0.386. The minimum atomic E-state index is -2.49. The van der Waals surface area contributed by atoms with Crippen molar-refractivity contribution >= 4 is 5.97 Å². The molecule has 0 aliphatic heterocycles. The minimum absolute atomic E-state index is 0.278. The second-order valence-electron chi connectivity index (χ2n) is 2.53. The number of hydrogen-bond donors (Lipinski definition) is 1. The summed E-state index contributed by atoms with van der Waals surface area (Å²) in [6, 6.07) is 0. The predicted octanol–water partition coefficient (Wildman–Crippen LogP) is 0.496. The Balaban J connectivity index is 2.48. The lowest BCUT2D eigenvalue weighted by Gasteiger charge is -2.00. The quantitative estimate of drug-likeness (QED) is 0.596. The minimum Gasteiger partial charge on any atom is -0.481 e. The second-order valence-corrected chi connectivity index (χ2v) is 2.53. The van der Waals surface area contributed by atoms with Gasteiger partial charge in [-0.05, 0) is 13.3 Å². The first kappa shape index (κ1) is 3.56. The van der Waals surface area contributed by atoms with Gasteiger partial charge < -0.3 is 9.84 Å². The third-order valence-corrected chi connectivity index (χ3v) is 1.79. The summed E-state index contributed by atoms with van der Waals surface area (Å²) < 4.78 is 24.8. The number of methoxy groups -OCH3 is 1. The van der Waals surface area contributed by atoms with Gasteiger partial charge >= 0.3 is 5.97 Å². The highest BCUT2D eigenvalue weighted by Crippen LogP contribution is 2.47. The fraction of sp³-hybridized carbons (Fsp3) is 0.833. The molecule has 0 aromatic carbocycles. The van der Waals surface area contributed by atoms with Crippen molar-refractivity contribution in [2.75, 3.05) is 7.04 Å². The van der Waals surface area contributed by atoms with Crippen molar-refractivity contribution in [3.63, 3.8) is 0 Å². The molecule has 0 saturated heterocycles.